The molecule has 9 heteroatoms. The van der Waals surface area contributed by atoms with Gasteiger partial charge < -0.3 is 28.8 Å². The van der Waals surface area contributed by atoms with E-state index in [4.69, 9.17) is 18.6 Å². The predicted octanol–water partition coefficient (Wildman–Crippen LogP) is 6.34. The molecule has 1 fully saturated rings. The van der Waals surface area contributed by atoms with E-state index in [1.54, 1.807) is 24.3 Å². The molecule has 1 amide bonds. The maximum absolute atomic E-state index is 13.7. The first-order valence-corrected chi connectivity index (χ1v) is 14.5. The van der Waals surface area contributed by atoms with Gasteiger partial charge in [-0.2, -0.15) is 4.98 Å². The molecule has 224 valence electrons. The lowest BCUT2D eigenvalue weighted by atomic mass is 10.1. The van der Waals surface area contributed by atoms with Gasteiger partial charge in [-0.25, -0.2) is 4.79 Å². The van der Waals surface area contributed by atoms with Crippen LogP contribution in [0.4, 0.5) is 11.7 Å². The first-order chi connectivity index (χ1) is 21.4. The second-order valence-corrected chi connectivity index (χ2v) is 10.8. The Hall–Kier alpha value is -5.31. The zero-order chi connectivity index (χ0) is 30.5. The SMILES string of the molecule is COC(=O)c1ccc(OC[C@@H]2C[C@H](Oc3ccccc3)CN2C(=O)Cc2ccc3nc(Nc4ccccc4C)oc3c2)cc1. The standard InChI is InChI=1S/C35H33N3O6/c1-23-8-6-7-11-30(23)36-35-37-31-17-12-24(18-32(31)44-35)19-33(39)38-21-29(43-28-9-4-3-5-10-28)20-26(38)22-42-27-15-13-25(14-16-27)34(40)41-2/h3-18,26,29H,19-22H2,1-2H3,(H,36,37)/t26-,29-/m0/s1. The van der Waals surface area contributed by atoms with Crippen molar-refractivity contribution in [1.82, 2.24) is 9.88 Å². The third-order valence-electron chi connectivity index (χ3n) is 7.66. The summed E-state index contributed by atoms with van der Waals surface area (Å²) >= 11 is 0. The van der Waals surface area contributed by atoms with Crippen LogP contribution in [-0.4, -0.2) is 54.2 Å². The monoisotopic (exact) mass is 591 g/mol. The van der Waals surface area contributed by atoms with Crippen molar-refractivity contribution >= 4 is 34.7 Å². The van der Waals surface area contributed by atoms with Gasteiger partial charge in [-0.15, -0.1) is 0 Å². The molecule has 5 aromatic rings. The van der Waals surface area contributed by atoms with Crippen molar-refractivity contribution in [2.24, 2.45) is 0 Å². The Kier molecular flexibility index (Phi) is 8.45. The van der Waals surface area contributed by atoms with Crippen molar-refractivity contribution < 1.29 is 28.2 Å². The zero-order valence-corrected chi connectivity index (χ0v) is 24.6. The van der Waals surface area contributed by atoms with Crippen molar-refractivity contribution in [3.05, 3.63) is 114 Å². The van der Waals surface area contributed by atoms with E-state index in [1.165, 1.54) is 7.11 Å². The number of amides is 1. The number of likely N-dealkylation sites (tertiary alicyclic amines) is 1. The molecule has 6 rings (SSSR count). The van der Waals surface area contributed by atoms with Crippen LogP contribution in [0.5, 0.6) is 11.5 Å². The fourth-order valence-corrected chi connectivity index (χ4v) is 5.35. The first-order valence-electron chi connectivity index (χ1n) is 14.5. The molecule has 0 aliphatic carbocycles. The van der Waals surface area contributed by atoms with Crippen molar-refractivity contribution in [3.8, 4) is 11.5 Å². The van der Waals surface area contributed by atoms with Gasteiger partial charge in [0.25, 0.3) is 6.01 Å². The molecule has 0 saturated carbocycles. The Morgan fingerprint density at radius 1 is 0.955 bits per heavy atom. The van der Waals surface area contributed by atoms with Gasteiger partial charge in [0.15, 0.2) is 5.58 Å². The molecule has 2 heterocycles. The molecule has 0 bridgehead atoms. The summed E-state index contributed by atoms with van der Waals surface area (Å²) in [5.41, 5.74) is 4.58. The smallest absolute Gasteiger partial charge is 0.337 e. The van der Waals surface area contributed by atoms with Crippen LogP contribution in [0.25, 0.3) is 11.1 Å². The van der Waals surface area contributed by atoms with Gasteiger partial charge in [-0.1, -0.05) is 42.5 Å². The number of carbonyl (C=O) groups is 2. The number of hydrogen-bond donors (Lipinski definition) is 1. The maximum Gasteiger partial charge on any atom is 0.337 e. The number of carbonyl (C=O) groups excluding carboxylic acids is 2. The van der Waals surface area contributed by atoms with Crippen molar-refractivity contribution in [2.75, 3.05) is 25.6 Å². The second-order valence-electron chi connectivity index (χ2n) is 10.8. The van der Waals surface area contributed by atoms with E-state index in [9.17, 15) is 9.59 Å². The fraction of sp³-hybridized carbons (Fsp3) is 0.229. The van der Waals surface area contributed by atoms with E-state index in [1.807, 2.05) is 84.6 Å². The van der Waals surface area contributed by atoms with E-state index in [-0.39, 0.29) is 31.1 Å². The molecule has 1 aromatic heterocycles. The van der Waals surface area contributed by atoms with Crippen LogP contribution in [0.3, 0.4) is 0 Å². The predicted molar refractivity (Wildman–Crippen MR) is 166 cm³/mol. The number of ether oxygens (including phenoxy) is 3. The highest BCUT2D eigenvalue weighted by Crippen LogP contribution is 2.28. The molecule has 1 N–H and O–H groups in total. The molecule has 1 saturated heterocycles. The lowest BCUT2D eigenvalue weighted by Gasteiger charge is -2.24. The molecule has 44 heavy (non-hydrogen) atoms. The Morgan fingerprint density at radius 3 is 2.50 bits per heavy atom. The van der Waals surface area contributed by atoms with Crippen molar-refractivity contribution in [1.29, 1.82) is 0 Å². The number of rotatable bonds is 10. The molecular weight excluding hydrogens is 558 g/mol. The van der Waals surface area contributed by atoms with Gasteiger partial charge in [0, 0.05) is 12.1 Å². The van der Waals surface area contributed by atoms with E-state index >= 15 is 0 Å². The summed E-state index contributed by atoms with van der Waals surface area (Å²) in [5, 5.41) is 3.23. The third kappa shape index (κ3) is 6.67. The minimum absolute atomic E-state index is 0.0316. The van der Waals surface area contributed by atoms with Gasteiger partial charge in [0.2, 0.25) is 5.91 Å². The molecule has 4 aromatic carbocycles. The van der Waals surface area contributed by atoms with Gasteiger partial charge >= 0.3 is 5.97 Å². The summed E-state index contributed by atoms with van der Waals surface area (Å²) in [7, 11) is 1.34. The quantitative estimate of drug-likeness (QED) is 0.188. The largest absolute Gasteiger partial charge is 0.491 e. The molecule has 0 spiro atoms. The molecule has 1 aliphatic heterocycles. The van der Waals surface area contributed by atoms with Gasteiger partial charge in [-0.3, -0.25) is 4.79 Å². The van der Waals surface area contributed by atoms with Crippen LogP contribution >= 0.6 is 0 Å². The lowest BCUT2D eigenvalue weighted by Crippen LogP contribution is -2.40. The van der Waals surface area contributed by atoms with Crippen LogP contribution in [0, 0.1) is 6.92 Å². The number of methoxy groups -OCH3 is 1. The van der Waals surface area contributed by atoms with Crippen LogP contribution in [0.2, 0.25) is 0 Å². The fourth-order valence-electron chi connectivity index (χ4n) is 5.35. The number of para-hydroxylation sites is 2. The normalized spacial score (nSPS) is 16.1. The summed E-state index contributed by atoms with van der Waals surface area (Å²) in [6.07, 6.45) is 0.638. The maximum atomic E-state index is 13.7. The first kappa shape index (κ1) is 28.8. The molecule has 0 radical (unpaired) electrons. The number of fused-ring (bicyclic) bond motifs is 1. The van der Waals surface area contributed by atoms with Gasteiger partial charge in [-0.05, 0) is 72.6 Å². The summed E-state index contributed by atoms with van der Waals surface area (Å²) < 4.78 is 23.1. The minimum atomic E-state index is -0.410. The van der Waals surface area contributed by atoms with Gasteiger partial charge in [0.05, 0.1) is 31.7 Å². The Morgan fingerprint density at radius 2 is 1.73 bits per heavy atom. The Balaban J connectivity index is 1.15. The van der Waals surface area contributed by atoms with E-state index in [0.29, 0.717) is 41.4 Å². The molecule has 2 atom stereocenters. The third-order valence-corrected chi connectivity index (χ3v) is 7.66. The topological polar surface area (TPSA) is 103 Å². The van der Waals surface area contributed by atoms with Crippen molar-refractivity contribution in [3.63, 3.8) is 0 Å². The highest BCUT2D eigenvalue weighted by molar-refractivity contribution is 5.89. The highest BCUT2D eigenvalue weighted by atomic mass is 16.5. The summed E-state index contributed by atoms with van der Waals surface area (Å²) in [5.74, 6) is 0.919. The number of nitrogens with zero attached hydrogens (tertiary/aromatic N) is 2. The van der Waals surface area contributed by atoms with Crippen LogP contribution < -0.4 is 14.8 Å². The molecular formula is C35H33N3O6. The minimum Gasteiger partial charge on any atom is -0.491 e. The molecule has 0 unspecified atom stereocenters. The average molecular weight is 592 g/mol. The van der Waals surface area contributed by atoms with Crippen LogP contribution in [0.15, 0.2) is 101 Å². The zero-order valence-electron chi connectivity index (χ0n) is 24.6. The Labute approximate surface area is 255 Å². The molecule has 1 aliphatic rings. The van der Waals surface area contributed by atoms with E-state index < -0.39 is 5.97 Å². The summed E-state index contributed by atoms with van der Waals surface area (Å²) in [4.78, 5) is 31.9. The second kappa shape index (κ2) is 12.9. The number of aryl methyl sites for hydroxylation is 1. The summed E-state index contributed by atoms with van der Waals surface area (Å²) in [6.45, 7) is 2.74. The van der Waals surface area contributed by atoms with Crippen LogP contribution in [-0.2, 0) is 16.0 Å². The number of oxazole rings is 1. The van der Waals surface area contributed by atoms with Crippen molar-refractivity contribution in [2.45, 2.75) is 31.9 Å². The number of esters is 1. The molecule has 9 nitrogen and oxygen atoms in total. The van der Waals surface area contributed by atoms with E-state index in [0.717, 1.165) is 22.6 Å². The highest BCUT2D eigenvalue weighted by Gasteiger charge is 2.37. The number of benzene rings is 4. The average Bonchev–Trinajstić information content (AvgIpc) is 3.64. The van der Waals surface area contributed by atoms with E-state index in [2.05, 4.69) is 10.3 Å². The van der Waals surface area contributed by atoms with Gasteiger partial charge in [0.1, 0.15) is 29.7 Å². The lowest BCUT2D eigenvalue weighted by molar-refractivity contribution is -0.132. The number of hydrogen-bond acceptors (Lipinski definition) is 8. The number of aromatic nitrogens is 1. The number of anilines is 2. The van der Waals surface area contributed by atoms with Crippen LogP contribution in [0.1, 0.15) is 27.9 Å². The Bertz CT molecular complexity index is 1750. The summed E-state index contributed by atoms with van der Waals surface area (Å²) in [6, 6.07) is 30.1. The number of nitrogens with one attached hydrogen (secondary N) is 1.